The molecular formula is C13H23N3O2. The zero-order valence-corrected chi connectivity index (χ0v) is 11.3. The van der Waals surface area contributed by atoms with Gasteiger partial charge >= 0.3 is 6.03 Å². The van der Waals surface area contributed by atoms with E-state index in [2.05, 4.69) is 17.1 Å². The molecule has 2 fully saturated rings. The Morgan fingerprint density at radius 2 is 2.17 bits per heavy atom. The first-order chi connectivity index (χ1) is 8.61. The zero-order valence-electron chi connectivity index (χ0n) is 11.3. The van der Waals surface area contributed by atoms with Crippen molar-refractivity contribution < 1.29 is 9.59 Å². The van der Waals surface area contributed by atoms with Crippen LogP contribution in [0.25, 0.3) is 0 Å². The van der Waals surface area contributed by atoms with Gasteiger partial charge in [0.25, 0.3) is 5.91 Å². The van der Waals surface area contributed by atoms with Crippen LogP contribution in [0.4, 0.5) is 4.79 Å². The van der Waals surface area contributed by atoms with Crippen molar-refractivity contribution in [3.8, 4) is 0 Å². The van der Waals surface area contributed by atoms with Gasteiger partial charge in [0.1, 0.15) is 6.04 Å². The first-order valence-corrected chi connectivity index (χ1v) is 6.96. The fourth-order valence-corrected chi connectivity index (χ4v) is 2.81. The fourth-order valence-electron chi connectivity index (χ4n) is 2.81. The van der Waals surface area contributed by atoms with Crippen molar-refractivity contribution in [1.82, 2.24) is 15.1 Å². The predicted octanol–water partition coefficient (Wildman–Crippen LogP) is 1.40. The van der Waals surface area contributed by atoms with Gasteiger partial charge in [0.05, 0.1) is 6.67 Å². The maximum atomic E-state index is 12.1. The maximum Gasteiger partial charge on any atom is 0.325 e. The molecule has 2 saturated heterocycles. The molecule has 0 aromatic heterocycles. The molecule has 0 unspecified atom stereocenters. The quantitative estimate of drug-likeness (QED) is 0.770. The number of piperidine rings is 1. The number of likely N-dealkylation sites (tertiary alicyclic amines) is 1. The summed E-state index contributed by atoms with van der Waals surface area (Å²) >= 11 is 0. The van der Waals surface area contributed by atoms with E-state index >= 15 is 0 Å². The minimum atomic E-state index is -0.301. The number of carbonyl (C=O) groups is 2. The molecular weight excluding hydrogens is 230 g/mol. The fraction of sp³-hybridized carbons (Fsp3) is 0.846. The largest absolute Gasteiger partial charge is 0.326 e. The molecule has 1 N–H and O–H groups in total. The van der Waals surface area contributed by atoms with Crippen LogP contribution < -0.4 is 5.32 Å². The number of urea groups is 1. The summed E-state index contributed by atoms with van der Waals surface area (Å²) in [6, 6.07) is -0.526. The Morgan fingerprint density at radius 1 is 1.39 bits per heavy atom. The van der Waals surface area contributed by atoms with Crippen molar-refractivity contribution in [3.05, 3.63) is 0 Å². The van der Waals surface area contributed by atoms with Crippen LogP contribution in [-0.4, -0.2) is 47.5 Å². The molecule has 0 aliphatic carbocycles. The molecule has 0 aromatic carbocycles. The molecule has 102 valence electrons. The first kappa shape index (κ1) is 13.3. The average Bonchev–Trinajstić information content (AvgIpc) is 2.58. The normalized spacial score (nSPS) is 29.8. The lowest BCUT2D eigenvalue weighted by Crippen LogP contribution is -2.45. The van der Waals surface area contributed by atoms with Crippen LogP contribution in [0.15, 0.2) is 0 Å². The molecule has 3 amide bonds. The highest BCUT2D eigenvalue weighted by molar-refractivity contribution is 6.04. The monoisotopic (exact) mass is 253 g/mol. The molecule has 2 aliphatic rings. The van der Waals surface area contributed by atoms with Gasteiger partial charge in [-0.2, -0.15) is 0 Å². The summed E-state index contributed by atoms with van der Waals surface area (Å²) in [5.41, 5.74) is 0. The Balaban J connectivity index is 1.92. The van der Waals surface area contributed by atoms with Crippen molar-refractivity contribution in [2.75, 3.05) is 19.8 Å². The number of rotatable bonds is 4. The third kappa shape index (κ3) is 2.83. The Morgan fingerprint density at radius 3 is 2.83 bits per heavy atom. The number of nitrogens with zero attached hydrogens (tertiary/aromatic N) is 2. The average molecular weight is 253 g/mol. The van der Waals surface area contributed by atoms with Gasteiger partial charge in [0.2, 0.25) is 0 Å². The molecule has 18 heavy (non-hydrogen) atoms. The molecule has 0 saturated carbocycles. The van der Waals surface area contributed by atoms with E-state index in [1.165, 1.54) is 11.3 Å². The van der Waals surface area contributed by atoms with E-state index in [9.17, 15) is 9.59 Å². The summed E-state index contributed by atoms with van der Waals surface area (Å²) in [5, 5.41) is 2.77. The first-order valence-electron chi connectivity index (χ1n) is 6.96. The standard InChI is InChI=1S/C13H23N3O2/c1-3-5-11-12(17)16(13(18)14-11)9-15-7-4-6-10(2)8-15/h10-11H,3-9H2,1-2H3,(H,14,18)/t10-,11+/m1/s1. The summed E-state index contributed by atoms with van der Waals surface area (Å²) in [4.78, 5) is 27.5. The lowest BCUT2D eigenvalue weighted by atomic mass is 10.0. The van der Waals surface area contributed by atoms with Crippen LogP contribution in [0.3, 0.4) is 0 Å². The Kier molecular flexibility index (Phi) is 4.22. The SMILES string of the molecule is CCC[C@@H]1NC(=O)N(CN2CCC[C@@H](C)C2)C1=O. The zero-order chi connectivity index (χ0) is 13.1. The van der Waals surface area contributed by atoms with Gasteiger partial charge in [-0.1, -0.05) is 20.3 Å². The second-order valence-electron chi connectivity index (χ2n) is 5.52. The van der Waals surface area contributed by atoms with E-state index in [0.717, 1.165) is 32.4 Å². The van der Waals surface area contributed by atoms with Gasteiger partial charge in [-0.15, -0.1) is 0 Å². The van der Waals surface area contributed by atoms with E-state index in [-0.39, 0.29) is 18.0 Å². The predicted molar refractivity (Wildman–Crippen MR) is 68.9 cm³/mol. The van der Waals surface area contributed by atoms with E-state index in [4.69, 9.17) is 0 Å². The summed E-state index contributed by atoms with van der Waals surface area (Å²) in [6.45, 7) is 6.66. The second-order valence-corrected chi connectivity index (χ2v) is 5.52. The summed E-state index contributed by atoms with van der Waals surface area (Å²) in [6.07, 6.45) is 4.04. The molecule has 0 spiro atoms. The molecule has 2 atom stereocenters. The minimum Gasteiger partial charge on any atom is -0.326 e. The van der Waals surface area contributed by atoms with Crippen molar-refractivity contribution in [3.63, 3.8) is 0 Å². The Bertz CT molecular complexity index is 332. The third-order valence-corrected chi connectivity index (χ3v) is 3.77. The molecule has 2 heterocycles. The molecule has 5 heteroatoms. The van der Waals surface area contributed by atoms with Gasteiger partial charge < -0.3 is 5.32 Å². The van der Waals surface area contributed by atoms with Gasteiger partial charge in [-0.25, -0.2) is 9.69 Å². The Hall–Kier alpha value is -1.10. The number of carbonyl (C=O) groups excluding carboxylic acids is 2. The molecule has 0 aromatic rings. The van der Waals surface area contributed by atoms with Crippen molar-refractivity contribution in [2.45, 2.75) is 45.6 Å². The highest BCUT2D eigenvalue weighted by Crippen LogP contribution is 2.18. The van der Waals surface area contributed by atoms with Gasteiger partial charge in [-0.05, 0) is 31.7 Å². The van der Waals surface area contributed by atoms with Gasteiger partial charge in [0, 0.05) is 6.54 Å². The van der Waals surface area contributed by atoms with Crippen molar-refractivity contribution in [1.29, 1.82) is 0 Å². The van der Waals surface area contributed by atoms with E-state index < -0.39 is 0 Å². The molecule has 0 radical (unpaired) electrons. The van der Waals surface area contributed by atoms with Crippen LogP contribution in [0.5, 0.6) is 0 Å². The van der Waals surface area contributed by atoms with Crippen LogP contribution in [-0.2, 0) is 4.79 Å². The molecule has 0 bridgehead atoms. The second kappa shape index (κ2) is 5.69. The van der Waals surface area contributed by atoms with Crippen LogP contribution in [0.2, 0.25) is 0 Å². The third-order valence-electron chi connectivity index (χ3n) is 3.77. The lowest BCUT2D eigenvalue weighted by Gasteiger charge is -2.32. The highest BCUT2D eigenvalue weighted by Gasteiger charge is 2.38. The van der Waals surface area contributed by atoms with E-state index in [0.29, 0.717) is 12.6 Å². The number of imide groups is 1. The van der Waals surface area contributed by atoms with Crippen LogP contribution >= 0.6 is 0 Å². The molecule has 2 rings (SSSR count). The molecule has 5 nitrogen and oxygen atoms in total. The van der Waals surface area contributed by atoms with Crippen molar-refractivity contribution >= 4 is 11.9 Å². The van der Waals surface area contributed by atoms with Crippen LogP contribution in [0.1, 0.15) is 39.5 Å². The number of hydrogen-bond donors (Lipinski definition) is 1. The molecule has 2 aliphatic heterocycles. The smallest absolute Gasteiger partial charge is 0.325 e. The number of nitrogens with one attached hydrogen (secondary N) is 1. The minimum absolute atomic E-state index is 0.0555. The summed E-state index contributed by atoms with van der Waals surface area (Å²) < 4.78 is 0. The summed E-state index contributed by atoms with van der Waals surface area (Å²) in [5.74, 6) is 0.603. The topological polar surface area (TPSA) is 52.7 Å². The maximum absolute atomic E-state index is 12.1. The Labute approximate surface area is 108 Å². The van der Waals surface area contributed by atoms with Crippen LogP contribution in [0, 0.1) is 5.92 Å². The van der Waals surface area contributed by atoms with Crippen molar-refractivity contribution in [2.24, 2.45) is 5.92 Å². The lowest BCUT2D eigenvalue weighted by molar-refractivity contribution is -0.129. The van der Waals surface area contributed by atoms with Gasteiger partial charge in [-0.3, -0.25) is 9.69 Å². The highest BCUT2D eigenvalue weighted by atomic mass is 16.2. The van der Waals surface area contributed by atoms with E-state index in [1.807, 2.05) is 6.92 Å². The van der Waals surface area contributed by atoms with Gasteiger partial charge in [0.15, 0.2) is 0 Å². The summed E-state index contributed by atoms with van der Waals surface area (Å²) in [7, 11) is 0. The number of hydrogen-bond acceptors (Lipinski definition) is 3. The number of amides is 3. The van der Waals surface area contributed by atoms with E-state index in [1.54, 1.807) is 0 Å².